The van der Waals surface area contributed by atoms with Crippen molar-refractivity contribution in [3.8, 4) is 5.75 Å². The maximum atomic E-state index is 14.5. The summed E-state index contributed by atoms with van der Waals surface area (Å²) in [5.41, 5.74) is 0.703. The van der Waals surface area contributed by atoms with Crippen molar-refractivity contribution in [2.75, 3.05) is 31.6 Å². The lowest BCUT2D eigenvalue weighted by Crippen LogP contribution is -2.62. The van der Waals surface area contributed by atoms with Crippen LogP contribution in [0.5, 0.6) is 5.75 Å². The predicted molar refractivity (Wildman–Crippen MR) is 203 cm³/mol. The molecule has 0 aromatic heterocycles. The number of ether oxygens (including phenoxy) is 2. The van der Waals surface area contributed by atoms with Crippen molar-refractivity contribution in [3.63, 3.8) is 0 Å². The van der Waals surface area contributed by atoms with Crippen molar-refractivity contribution in [3.05, 3.63) is 60.2 Å². The van der Waals surface area contributed by atoms with E-state index < -0.39 is 96.5 Å². The summed E-state index contributed by atoms with van der Waals surface area (Å²) in [4.78, 5) is 101. The van der Waals surface area contributed by atoms with Gasteiger partial charge >= 0.3 is 18.4 Å². The summed E-state index contributed by atoms with van der Waals surface area (Å²) in [6.07, 6.45) is -2.35. The number of benzene rings is 2. The summed E-state index contributed by atoms with van der Waals surface area (Å²) in [5.74, 6) is -4.47. The van der Waals surface area contributed by atoms with Crippen LogP contribution >= 0.6 is 0 Å². The average molecular weight is 828 g/mol. The van der Waals surface area contributed by atoms with Crippen LogP contribution in [0, 0.1) is 5.92 Å². The molecule has 2 aromatic rings. The Morgan fingerprint density at radius 1 is 0.847 bits per heavy atom. The summed E-state index contributed by atoms with van der Waals surface area (Å²) in [6, 6.07) is 5.26. The molecule has 0 aliphatic carbocycles. The van der Waals surface area contributed by atoms with Gasteiger partial charge in [0, 0.05) is 31.7 Å². The number of anilines is 1. The molecule has 318 valence electrons. The highest BCUT2D eigenvalue weighted by molar-refractivity contribution is 5.98. The summed E-state index contributed by atoms with van der Waals surface area (Å²) < 4.78 is 47.5. The maximum absolute atomic E-state index is 14.5. The van der Waals surface area contributed by atoms with E-state index in [9.17, 15) is 46.7 Å². The van der Waals surface area contributed by atoms with Gasteiger partial charge in [-0.3, -0.25) is 24.0 Å². The lowest BCUT2D eigenvalue weighted by molar-refractivity contribution is -0.274. The Balaban J connectivity index is 1.27. The van der Waals surface area contributed by atoms with Gasteiger partial charge in [0.15, 0.2) is 0 Å². The first-order chi connectivity index (χ1) is 28.1. The molecule has 0 radical (unpaired) electrons. The fourth-order valence-corrected chi connectivity index (χ4v) is 8.11. The summed E-state index contributed by atoms with van der Waals surface area (Å²) in [7, 11) is 0. The molecule has 2 aromatic carbocycles. The SMILES string of the molecule is CC1CC2C(=O)OCC(NC(=O)C(Cc3ccccc3)NC(=O)Nc3ccc(OC(F)(F)F)cc3)C(=O)N3CCCC3C(=O)N3CCCCC3C(=O)NC(C)C(=O)N2C1. The van der Waals surface area contributed by atoms with Crippen LogP contribution in [0.4, 0.5) is 23.7 Å². The zero-order valence-corrected chi connectivity index (χ0v) is 32.7. The van der Waals surface area contributed by atoms with Crippen LogP contribution in [0.3, 0.4) is 0 Å². The molecule has 16 nitrogen and oxygen atoms in total. The third-order valence-corrected chi connectivity index (χ3v) is 11.0. The third kappa shape index (κ3) is 10.6. The Morgan fingerprint density at radius 3 is 2.24 bits per heavy atom. The van der Waals surface area contributed by atoms with Crippen molar-refractivity contribution in [2.24, 2.45) is 5.92 Å². The van der Waals surface area contributed by atoms with Gasteiger partial charge < -0.3 is 45.4 Å². The number of cyclic esters (lactones) is 1. The molecule has 7 amide bonds. The van der Waals surface area contributed by atoms with Gasteiger partial charge in [-0.1, -0.05) is 37.3 Å². The second kappa shape index (κ2) is 18.4. The number of amides is 7. The average Bonchev–Trinajstić information content (AvgIpc) is 3.86. The van der Waals surface area contributed by atoms with E-state index in [1.807, 2.05) is 6.92 Å². The van der Waals surface area contributed by atoms with Crippen LogP contribution in [0.1, 0.15) is 57.9 Å². The zero-order valence-electron chi connectivity index (χ0n) is 32.7. The Hall–Kier alpha value is -5.88. The second-order valence-corrected chi connectivity index (χ2v) is 15.4. The highest BCUT2D eigenvalue weighted by atomic mass is 19.4. The number of nitrogens with one attached hydrogen (secondary N) is 4. The first-order valence-electron chi connectivity index (χ1n) is 19.7. The molecule has 4 aliphatic rings. The number of piperidine rings is 1. The van der Waals surface area contributed by atoms with Crippen molar-refractivity contribution in [1.29, 1.82) is 0 Å². The number of carbonyl (C=O) groups excluding carboxylic acids is 7. The van der Waals surface area contributed by atoms with E-state index >= 15 is 0 Å². The number of hydrogen-bond acceptors (Lipinski definition) is 9. The number of halogens is 3. The van der Waals surface area contributed by atoms with E-state index in [1.165, 1.54) is 33.8 Å². The van der Waals surface area contributed by atoms with E-state index in [1.54, 1.807) is 30.3 Å². The normalized spacial score (nSPS) is 26.2. The number of rotatable bonds is 7. The standard InChI is InChI=1S/C40H48F3N7O9/c1-23-19-32-38(56)58-22-29(36(54)49-18-8-12-31(49)37(55)48-17-7-6-11-30(48)34(52)44-24(2)35(53)50(32)21-23)46-33(51)28(20-25-9-4-3-5-10-25)47-39(57)45-26-13-15-27(16-14-26)59-40(41,42)43/h3-5,9-10,13-16,23-24,28-32H,6-8,11-12,17-22H2,1-2H3,(H,44,52)(H,46,51)(H2,45,47,57). The van der Waals surface area contributed by atoms with Gasteiger partial charge in [0.2, 0.25) is 29.5 Å². The Kier molecular flexibility index (Phi) is 13.3. The van der Waals surface area contributed by atoms with Gasteiger partial charge in [0.05, 0.1) is 0 Å². The van der Waals surface area contributed by atoms with Gasteiger partial charge in [0.25, 0.3) is 0 Å². The van der Waals surface area contributed by atoms with Crippen LogP contribution in [0.2, 0.25) is 0 Å². The fourth-order valence-electron chi connectivity index (χ4n) is 8.11. The number of carbonyl (C=O) groups is 7. The molecule has 4 N–H and O–H groups in total. The van der Waals surface area contributed by atoms with E-state index in [2.05, 4.69) is 26.0 Å². The summed E-state index contributed by atoms with van der Waals surface area (Å²) >= 11 is 0. The highest BCUT2D eigenvalue weighted by Gasteiger charge is 2.46. The molecule has 4 saturated heterocycles. The molecule has 0 saturated carbocycles. The third-order valence-electron chi connectivity index (χ3n) is 11.0. The maximum Gasteiger partial charge on any atom is 0.573 e. The molecule has 0 spiro atoms. The molecular formula is C40H48F3N7O9. The first kappa shape index (κ1) is 42.7. The van der Waals surface area contributed by atoms with E-state index in [4.69, 9.17) is 4.74 Å². The van der Waals surface area contributed by atoms with Gasteiger partial charge in [-0.05, 0) is 81.2 Å². The minimum atomic E-state index is -4.91. The molecular weight excluding hydrogens is 779 g/mol. The van der Waals surface area contributed by atoms with Crippen molar-refractivity contribution in [2.45, 2.75) is 101 Å². The molecule has 4 fully saturated rings. The van der Waals surface area contributed by atoms with E-state index in [0.717, 1.165) is 12.1 Å². The quantitative estimate of drug-likeness (QED) is 0.304. The van der Waals surface area contributed by atoms with Gasteiger partial charge in [0.1, 0.15) is 48.6 Å². The van der Waals surface area contributed by atoms with Crippen LogP contribution in [0.25, 0.3) is 0 Å². The number of nitrogens with zero attached hydrogens (tertiary/aromatic N) is 3. The van der Waals surface area contributed by atoms with Crippen molar-refractivity contribution >= 4 is 47.2 Å². The molecule has 4 heterocycles. The Labute approximate surface area is 338 Å². The Bertz CT molecular complexity index is 1900. The molecule has 19 heteroatoms. The topological polar surface area (TPSA) is 196 Å². The molecule has 7 unspecified atom stereocenters. The molecule has 7 atom stereocenters. The molecule has 0 bridgehead atoms. The Morgan fingerprint density at radius 2 is 1.53 bits per heavy atom. The highest BCUT2D eigenvalue weighted by Crippen LogP contribution is 2.28. The minimum Gasteiger partial charge on any atom is -0.461 e. The molecule has 59 heavy (non-hydrogen) atoms. The van der Waals surface area contributed by atoms with E-state index in [-0.39, 0.29) is 50.5 Å². The molecule has 4 aliphatic heterocycles. The first-order valence-corrected chi connectivity index (χ1v) is 19.7. The van der Waals surface area contributed by atoms with Gasteiger partial charge in [-0.25, -0.2) is 9.59 Å². The lowest BCUT2D eigenvalue weighted by Gasteiger charge is -2.39. The predicted octanol–water partition coefficient (Wildman–Crippen LogP) is 2.47. The number of alkyl halides is 3. The molecule has 6 rings (SSSR count). The van der Waals surface area contributed by atoms with Crippen molar-refractivity contribution in [1.82, 2.24) is 30.7 Å². The van der Waals surface area contributed by atoms with Crippen molar-refractivity contribution < 1.29 is 56.2 Å². The van der Waals surface area contributed by atoms with Crippen LogP contribution in [-0.4, -0.2) is 125 Å². The van der Waals surface area contributed by atoms with Crippen LogP contribution in [-0.2, 0) is 39.9 Å². The zero-order chi connectivity index (χ0) is 42.4. The smallest absolute Gasteiger partial charge is 0.461 e. The van der Waals surface area contributed by atoms with Crippen LogP contribution in [0.15, 0.2) is 54.6 Å². The van der Waals surface area contributed by atoms with Crippen LogP contribution < -0.4 is 26.0 Å². The number of fused-ring (bicyclic) bond motifs is 3. The van der Waals surface area contributed by atoms with E-state index in [0.29, 0.717) is 31.2 Å². The second-order valence-electron chi connectivity index (χ2n) is 15.4. The van der Waals surface area contributed by atoms with Gasteiger partial charge in [-0.15, -0.1) is 13.2 Å². The monoisotopic (exact) mass is 827 g/mol. The minimum absolute atomic E-state index is 0.0718. The van der Waals surface area contributed by atoms with Gasteiger partial charge in [-0.2, -0.15) is 0 Å². The summed E-state index contributed by atoms with van der Waals surface area (Å²) in [5, 5.41) is 10.4. The number of urea groups is 1. The fraction of sp³-hybridized carbons (Fsp3) is 0.525. The largest absolute Gasteiger partial charge is 0.573 e. The number of esters is 1. The lowest BCUT2D eigenvalue weighted by atomic mass is 9.99. The summed E-state index contributed by atoms with van der Waals surface area (Å²) in [6.45, 7) is 3.33. The number of hydrogen-bond donors (Lipinski definition) is 4.